The first-order valence-corrected chi connectivity index (χ1v) is 10.5. The number of nitrogens with zero attached hydrogens (tertiary/aromatic N) is 1. The summed E-state index contributed by atoms with van der Waals surface area (Å²) in [4.78, 5) is 13.4. The maximum absolute atomic E-state index is 13.8. The fourth-order valence-corrected chi connectivity index (χ4v) is 3.07. The largest absolute Gasteiger partial charge is 0.465 e. The lowest BCUT2D eigenvalue weighted by atomic mass is 9.95. The molecule has 0 radical (unpaired) electrons. The smallest absolute Gasteiger partial charge is 0.395 e. The van der Waals surface area contributed by atoms with Crippen LogP contribution in [0.2, 0.25) is 0 Å². The number of carbonyl (C=O) groups excluding carboxylic acids is 1. The summed E-state index contributed by atoms with van der Waals surface area (Å²) in [6, 6.07) is 0. The molecule has 1 aliphatic heterocycles. The van der Waals surface area contributed by atoms with Crippen molar-refractivity contribution in [3.8, 4) is 0 Å². The van der Waals surface area contributed by atoms with Crippen molar-refractivity contribution >= 4 is 5.97 Å². The van der Waals surface area contributed by atoms with Crippen LogP contribution in [0.4, 0.5) is 57.1 Å². The molecule has 1 aliphatic rings. The number of ether oxygens (including phenoxy) is 2. The highest BCUT2D eigenvalue weighted by molar-refractivity contribution is 5.69. The summed E-state index contributed by atoms with van der Waals surface area (Å²) in [7, 11) is 0. The zero-order valence-electron chi connectivity index (χ0n) is 18.6. The SMILES string of the molecule is O=C(CCN1CCOCC1)OCCC(F)(F)C(F)(F)CCC(F)(F)CC(F)(F)C(F)(F)CC(F)(F)F. The van der Waals surface area contributed by atoms with Crippen molar-refractivity contribution in [3.63, 3.8) is 0 Å². The average Bonchev–Trinajstić information content (AvgIpc) is 2.69. The molecule has 0 aliphatic carbocycles. The molecule has 0 bridgehead atoms. The third-order valence-corrected chi connectivity index (χ3v) is 5.19. The predicted octanol–water partition coefficient (Wildman–Crippen LogP) is 5.94. The summed E-state index contributed by atoms with van der Waals surface area (Å²) in [5.74, 6) is -28.4. The van der Waals surface area contributed by atoms with Gasteiger partial charge in [-0.3, -0.25) is 9.69 Å². The lowest BCUT2D eigenvalue weighted by Gasteiger charge is -2.32. The maximum atomic E-state index is 13.8. The highest BCUT2D eigenvalue weighted by atomic mass is 19.4. The molecule has 36 heavy (non-hydrogen) atoms. The van der Waals surface area contributed by atoms with Crippen LogP contribution >= 0.6 is 0 Å². The molecule has 0 unspecified atom stereocenters. The van der Waals surface area contributed by atoms with Gasteiger partial charge in [-0.05, 0) is 0 Å². The minimum Gasteiger partial charge on any atom is -0.465 e. The number of rotatable bonds is 14. The van der Waals surface area contributed by atoms with Crippen molar-refractivity contribution in [2.45, 2.75) is 74.3 Å². The second-order valence-corrected chi connectivity index (χ2v) is 8.32. The average molecular weight is 561 g/mol. The van der Waals surface area contributed by atoms with E-state index in [1.165, 1.54) is 0 Å². The normalized spacial score (nSPS) is 17.4. The Kier molecular flexibility index (Phi) is 10.7. The number of carbonyl (C=O) groups is 1. The molecule has 1 fully saturated rings. The highest BCUT2D eigenvalue weighted by Crippen LogP contribution is 2.49. The second kappa shape index (κ2) is 11.9. The van der Waals surface area contributed by atoms with E-state index in [1.807, 2.05) is 0 Å². The first-order chi connectivity index (χ1) is 16.1. The summed E-state index contributed by atoms with van der Waals surface area (Å²) < 4.78 is 181. The van der Waals surface area contributed by atoms with E-state index in [1.54, 1.807) is 4.90 Å². The summed E-state index contributed by atoms with van der Waals surface area (Å²) in [6.07, 6.45) is -19.6. The first kappa shape index (κ1) is 32.5. The van der Waals surface area contributed by atoms with Crippen LogP contribution in [0.3, 0.4) is 0 Å². The zero-order chi connectivity index (χ0) is 28.1. The van der Waals surface area contributed by atoms with Gasteiger partial charge < -0.3 is 9.47 Å². The molecule has 0 spiro atoms. The van der Waals surface area contributed by atoms with E-state index in [2.05, 4.69) is 4.74 Å². The minimum absolute atomic E-state index is 0.177. The Bertz CT molecular complexity index is 707. The van der Waals surface area contributed by atoms with Gasteiger partial charge in [0.1, 0.15) is 6.42 Å². The minimum atomic E-state index is -5.99. The Morgan fingerprint density at radius 1 is 0.694 bits per heavy atom. The standard InChI is InChI=1S/C19H24F13NO3/c20-14(21,11-17(26,27)18(28,29)12-19(30,31)32)2-3-15(22,23)16(24,25)4-8-36-13(34)1-5-33-6-9-35-10-7-33/h1-12H2. The molecule has 17 heteroatoms. The molecule has 0 saturated carbocycles. The fraction of sp³-hybridized carbons (Fsp3) is 0.947. The van der Waals surface area contributed by atoms with E-state index in [9.17, 15) is 61.9 Å². The predicted molar refractivity (Wildman–Crippen MR) is 96.7 cm³/mol. The number of halogens is 13. The van der Waals surface area contributed by atoms with Crippen LogP contribution in [-0.2, 0) is 14.3 Å². The Balaban J connectivity index is 2.58. The molecular formula is C19H24F13NO3. The molecule has 0 aromatic carbocycles. The summed E-state index contributed by atoms with van der Waals surface area (Å²) in [6.45, 7) is 0.743. The number of alkyl halides is 13. The van der Waals surface area contributed by atoms with E-state index >= 15 is 0 Å². The van der Waals surface area contributed by atoms with Gasteiger partial charge in [-0.1, -0.05) is 0 Å². The lowest BCUT2D eigenvalue weighted by Crippen LogP contribution is -2.48. The Morgan fingerprint density at radius 2 is 1.19 bits per heavy atom. The molecule has 1 saturated heterocycles. The Labute approximate surface area is 197 Å². The summed E-state index contributed by atoms with van der Waals surface area (Å²) in [5.41, 5.74) is 0. The van der Waals surface area contributed by atoms with Crippen molar-refractivity contribution in [3.05, 3.63) is 0 Å². The number of hydrogen-bond donors (Lipinski definition) is 0. The van der Waals surface area contributed by atoms with Crippen LogP contribution in [0.1, 0.15) is 38.5 Å². The molecule has 0 atom stereocenters. The monoisotopic (exact) mass is 561 g/mol. The van der Waals surface area contributed by atoms with Gasteiger partial charge in [-0.15, -0.1) is 0 Å². The molecule has 0 amide bonds. The van der Waals surface area contributed by atoms with E-state index in [-0.39, 0.29) is 13.0 Å². The van der Waals surface area contributed by atoms with E-state index in [0.29, 0.717) is 26.3 Å². The van der Waals surface area contributed by atoms with Crippen molar-refractivity contribution in [2.24, 2.45) is 0 Å². The number of esters is 1. The molecule has 0 N–H and O–H groups in total. The molecule has 4 nitrogen and oxygen atoms in total. The van der Waals surface area contributed by atoms with Gasteiger partial charge in [0.05, 0.1) is 39.1 Å². The van der Waals surface area contributed by atoms with Crippen LogP contribution < -0.4 is 0 Å². The van der Waals surface area contributed by atoms with E-state index in [4.69, 9.17) is 4.74 Å². The zero-order valence-corrected chi connectivity index (χ0v) is 18.6. The van der Waals surface area contributed by atoms with Gasteiger partial charge in [-0.2, -0.15) is 48.3 Å². The van der Waals surface area contributed by atoms with Gasteiger partial charge in [0.15, 0.2) is 0 Å². The third-order valence-electron chi connectivity index (χ3n) is 5.19. The van der Waals surface area contributed by atoms with Gasteiger partial charge in [0, 0.05) is 32.5 Å². The van der Waals surface area contributed by atoms with Crippen molar-refractivity contribution in [1.82, 2.24) is 4.90 Å². The lowest BCUT2D eigenvalue weighted by molar-refractivity contribution is -0.282. The molecule has 214 valence electrons. The van der Waals surface area contributed by atoms with Gasteiger partial charge in [-0.25, -0.2) is 8.78 Å². The van der Waals surface area contributed by atoms with Crippen molar-refractivity contribution in [1.29, 1.82) is 0 Å². The maximum Gasteiger partial charge on any atom is 0.395 e. The van der Waals surface area contributed by atoms with Gasteiger partial charge >= 0.3 is 35.8 Å². The van der Waals surface area contributed by atoms with Crippen LogP contribution in [0.5, 0.6) is 0 Å². The Hall–Kier alpha value is -1.52. The highest BCUT2D eigenvalue weighted by Gasteiger charge is 2.64. The van der Waals surface area contributed by atoms with Gasteiger partial charge in [0.2, 0.25) is 0 Å². The van der Waals surface area contributed by atoms with E-state index in [0.717, 1.165) is 0 Å². The number of morpholine rings is 1. The Morgan fingerprint density at radius 3 is 1.72 bits per heavy atom. The van der Waals surface area contributed by atoms with E-state index < -0.39 is 80.5 Å². The summed E-state index contributed by atoms with van der Waals surface area (Å²) in [5, 5.41) is 0. The van der Waals surface area contributed by atoms with Crippen LogP contribution in [-0.4, -0.2) is 86.1 Å². The third kappa shape index (κ3) is 10.5. The van der Waals surface area contributed by atoms with Crippen LogP contribution in [0, 0.1) is 0 Å². The second-order valence-electron chi connectivity index (χ2n) is 8.32. The van der Waals surface area contributed by atoms with Crippen molar-refractivity contribution in [2.75, 3.05) is 39.5 Å². The number of hydrogen-bond acceptors (Lipinski definition) is 4. The summed E-state index contributed by atoms with van der Waals surface area (Å²) >= 11 is 0. The quantitative estimate of drug-likeness (QED) is 0.195. The molecular weight excluding hydrogens is 537 g/mol. The molecule has 0 aromatic rings. The van der Waals surface area contributed by atoms with Crippen LogP contribution in [0.15, 0.2) is 0 Å². The molecule has 0 aromatic heterocycles. The fourth-order valence-electron chi connectivity index (χ4n) is 3.07. The molecule has 1 heterocycles. The van der Waals surface area contributed by atoms with Crippen LogP contribution in [0.25, 0.3) is 0 Å². The first-order valence-electron chi connectivity index (χ1n) is 10.5. The topological polar surface area (TPSA) is 38.8 Å². The molecule has 1 rings (SSSR count). The van der Waals surface area contributed by atoms with Crippen molar-refractivity contribution < 1.29 is 71.3 Å². The van der Waals surface area contributed by atoms with Gasteiger partial charge in [0.25, 0.3) is 5.92 Å².